The van der Waals surface area contributed by atoms with Gasteiger partial charge >= 0.3 is 0 Å². The minimum atomic E-state index is -3.67. The average molecular weight is 358 g/mol. The molecule has 2 N–H and O–H groups in total. The fourth-order valence-corrected chi connectivity index (χ4v) is 5.52. The van der Waals surface area contributed by atoms with Crippen LogP contribution in [0.4, 0.5) is 5.13 Å². The van der Waals surface area contributed by atoms with E-state index in [2.05, 4.69) is 20.2 Å². The summed E-state index contributed by atoms with van der Waals surface area (Å²) >= 11 is 0.883. The Kier molecular flexibility index (Phi) is 4.22. The van der Waals surface area contributed by atoms with Gasteiger partial charge in [0.05, 0.1) is 0 Å². The maximum atomic E-state index is 12.4. The minimum Gasteiger partial charge on any atom is -0.300 e. The Labute approximate surface area is 140 Å². The lowest BCUT2D eigenvalue weighted by Crippen LogP contribution is -2.38. The molecule has 1 amide bonds. The maximum Gasteiger partial charge on any atom is 0.270 e. The highest BCUT2D eigenvalue weighted by Gasteiger charge is 2.41. The fraction of sp³-hybridized carbons (Fsp3) is 0.786. The molecule has 1 aromatic heterocycles. The molecule has 0 radical (unpaired) electrons. The molecule has 0 aromatic carbocycles. The molecule has 3 atom stereocenters. The van der Waals surface area contributed by atoms with Crippen molar-refractivity contribution in [1.29, 1.82) is 0 Å². The van der Waals surface area contributed by atoms with Crippen LogP contribution in [0.3, 0.4) is 0 Å². The highest BCUT2D eigenvalue weighted by Crippen LogP contribution is 2.44. The van der Waals surface area contributed by atoms with Gasteiger partial charge in [0.2, 0.25) is 15.4 Å². The molecule has 2 aliphatic rings. The molecule has 128 valence electrons. The van der Waals surface area contributed by atoms with E-state index in [9.17, 15) is 13.2 Å². The van der Waals surface area contributed by atoms with Gasteiger partial charge in [-0.3, -0.25) is 4.79 Å². The number of rotatable bonds is 4. The third-order valence-electron chi connectivity index (χ3n) is 4.58. The molecular formula is C14H22N4O3S2. The summed E-state index contributed by atoms with van der Waals surface area (Å²) in [5.41, 5.74) is -0.577. The molecule has 23 heavy (non-hydrogen) atoms. The number of nitrogens with one attached hydrogen (secondary N) is 2. The molecule has 2 fully saturated rings. The zero-order valence-corrected chi connectivity index (χ0v) is 15.1. The molecule has 2 aliphatic carbocycles. The van der Waals surface area contributed by atoms with Crippen molar-refractivity contribution in [3.63, 3.8) is 0 Å². The first-order chi connectivity index (χ1) is 10.6. The molecular weight excluding hydrogens is 336 g/mol. The Bertz CT molecular complexity index is 708. The van der Waals surface area contributed by atoms with Gasteiger partial charge in [-0.2, -0.15) is 0 Å². The van der Waals surface area contributed by atoms with Crippen LogP contribution in [0.5, 0.6) is 0 Å². The van der Waals surface area contributed by atoms with Gasteiger partial charge in [-0.25, -0.2) is 13.1 Å². The molecule has 9 heteroatoms. The van der Waals surface area contributed by atoms with Crippen LogP contribution in [0.25, 0.3) is 0 Å². The first kappa shape index (κ1) is 16.8. The van der Waals surface area contributed by atoms with Gasteiger partial charge in [-0.05, 0) is 31.1 Å². The maximum absolute atomic E-state index is 12.4. The molecule has 0 spiro atoms. The Hall–Kier alpha value is -1.06. The molecule has 2 bridgehead atoms. The molecule has 0 saturated heterocycles. The van der Waals surface area contributed by atoms with Crippen molar-refractivity contribution in [2.24, 2.45) is 17.3 Å². The third kappa shape index (κ3) is 3.56. The van der Waals surface area contributed by atoms with Crippen molar-refractivity contribution in [2.75, 3.05) is 5.32 Å². The van der Waals surface area contributed by atoms with E-state index in [-0.39, 0.29) is 21.4 Å². The number of carbonyl (C=O) groups is 1. The number of carbonyl (C=O) groups excluding carboxylic acids is 1. The van der Waals surface area contributed by atoms with Gasteiger partial charge in [-0.1, -0.05) is 38.5 Å². The van der Waals surface area contributed by atoms with E-state index in [1.165, 1.54) is 6.42 Å². The second kappa shape index (κ2) is 5.78. The van der Waals surface area contributed by atoms with Crippen LogP contribution < -0.4 is 10.0 Å². The lowest BCUT2D eigenvalue weighted by Gasteiger charge is -2.21. The Morgan fingerprint density at radius 3 is 2.52 bits per heavy atom. The summed E-state index contributed by atoms with van der Waals surface area (Å²) in [6.45, 7) is 5.33. The lowest BCUT2D eigenvalue weighted by molar-refractivity contribution is -0.123. The van der Waals surface area contributed by atoms with E-state index in [0.717, 1.165) is 30.6 Å². The second-order valence-electron chi connectivity index (χ2n) is 7.48. The van der Waals surface area contributed by atoms with Crippen molar-refractivity contribution in [1.82, 2.24) is 14.9 Å². The number of nitrogens with zero attached hydrogens (tertiary/aromatic N) is 2. The van der Waals surface area contributed by atoms with Gasteiger partial charge < -0.3 is 5.32 Å². The number of anilines is 1. The average Bonchev–Trinajstić information content (AvgIpc) is 3.12. The third-order valence-corrected chi connectivity index (χ3v) is 7.28. The Morgan fingerprint density at radius 2 is 1.96 bits per heavy atom. The SMILES string of the molecule is CC(C)(C)C(=O)Nc1nnc(S(=O)(=O)N[C@@H]2C[C@H]3CC[C@@H]2C3)s1. The van der Waals surface area contributed by atoms with Crippen molar-refractivity contribution in [2.45, 2.75) is 56.8 Å². The van der Waals surface area contributed by atoms with E-state index >= 15 is 0 Å². The lowest BCUT2D eigenvalue weighted by atomic mass is 9.96. The van der Waals surface area contributed by atoms with Gasteiger partial charge in [0, 0.05) is 11.5 Å². The van der Waals surface area contributed by atoms with Crippen LogP contribution >= 0.6 is 11.3 Å². The first-order valence-corrected chi connectivity index (χ1v) is 10.1. The van der Waals surface area contributed by atoms with E-state index in [0.29, 0.717) is 11.8 Å². The van der Waals surface area contributed by atoms with Gasteiger partial charge in [0.25, 0.3) is 10.0 Å². The van der Waals surface area contributed by atoms with E-state index in [1.54, 1.807) is 20.8 Å². The Morgan fingerprint density at radius 1 is 1.22 bits per heavy atom. The summed E-state index contributed by atoms with van der Waals surface area (Å²) < 4.78 is 27.6. The van der Waals surface area contributed by atoms with E-state index in [1.807, 2.05) is 0 Å². The zero-order valence-electron chi connectivity index (χ0n) is 13.5. The van der Waals surface area contributed by atoms with Crippen molar-refractivity contribution >= 4 is 32.4 Å². The molecule has 1 heterocycles. The summed E-state index contributed by atoms with van der Waals surface area (Å²) in [6, 6.07) is 0.00951. The highest BCUT2D eigenvalue weighted by atomic mass is 32.2. The number of fused-ring (bicyclic) bond motifs is 2. The molecule has 0 unspecified atom stereocenters. The smallest absolute Gasteiger partial charge is 0.270 e. The second-order valence-corrected chi connectivity index (χ2v) is 10.3. The molecule has 1 aromatic rings. The highest BCUT2D eigenvalue weighted by molar-refractivity contribution is 7.91. The number of hydrogen-bond acceptors (Lipinski definition) is 6. The van der Waals surface area contributed by atoms with Crippen molar-refractivity contribution in [3.05, 3.63) is 0 Å². The van der Waals surface area contributed by atoms with Crippen LogP contribution in [0.15, 0.2) is 4.34 Å². The number of sulfonamides is 1. The molecule has 2 saturated carbocycles. The predicted octanol–water partition coefficient (Wildman–Crippen LogP) is 1.99. The van der Waals surface area contributed by atoms with Gasteiger partial charge in [0.15, 0.2) is 0 Å². The van der Waals surface area contributed by atoms with Gasteiger partial charge in [-0.15, -0.1) is 10.2 Å². The summed E-state index contributed by atoms with van der Waals surface area (Å²) in [7, 11) is -3.67. The number of amides is 1. The topological polar surface area (TPSA) is 101 Å². The largest absolute Gasteiger partial charge is 0.300 e. The fourth-order valence-electron chi connectivity index (χ4n) is 3.29. The summed E-state index contributed by atoms with van der Waals surface area (Å²) in [5.74, 6) is 0.880. The zero-order chi connectivity index (χ0) is 16.8. The van der Waals surface area contributed by atoms with Gasteiger partial charge in [0.1, 0.15) is 0 Å². The van der Waals surface area contributed by atoms with Crippen LogP contribution in [-0.2, 0) is 14.8 Å². The molecule has 7 nitrogen and oxygen atoms in total. The Balaban J connectivity index is 1.68. The first-order valence-electron chi connectivity index (χ1n) is 7.82. The van der Waals surface area contributed by atoms with E-state index in [4.69, 9.17) is 0 Å². The monoisotopic (exact) mass is 358 g/mol. The minimum absolute atomic E-state index is 0.00951. The number of hydrogen-bond donors (Lipinski definition) is 2. The van der Waals surface area contributed by atoms with Crippen LogP contribution in [-0.4, -0.2) is 30.6 Å². The summed E-state index contributed by atoms with van der Waals surface area (Å²) in [6.07, 6.45) is 4.35. The normalized spacial score (nSPS) is 27.3. The summed E-state index contributed by atoms with van der Waals surface area (Å²) in [4.78, 5) is 11.9. The van der Waals surface area contributed by atoms with Crippen LogP contribution in [0.1, 0.15) is 46.5 Å². The molecule has 3 rings (SSSR count). The van der Waals surface area contributed by atoms with Crippen molar-refractivity contribution < 1.29 is 13.2 Å². The predicted molar refractivity (Wildman–Crippen MR) is 87.6 cm³/mol. The standard InChI is InChI=1S/C14H22N4O3S2/c1-14(2,3)11(19)15-12-16-17-13(22-12)23(20,21)18-10-7-8-4-5-9(10)6-8/h8-10,18H,4-7H2,1-3H3,(H,15,16,19)/t8-,9+,10+/m0/s1. The quantitative estimate of drug-likeness (QED) is 0.802. The van der Waals surface area contributed by atoms with E-state index < -0.39 is 15.4 Å². The number of aromatic nitrogens is 2. The van der Waals surface area contributed by atoms with Crippen LogP contribution in [0.2, 0.25) is 0 Å². The van der Waals surface area contributed by atoms with Crippen LogP contribution in [0, 0.1) is 17.3 Å². The molecule has 0 aliphatic heterocycles. The van der Waals surface area contributed by atoms with Crippen molar-refractivity contribution in [3.8, 4) is 0 Å². The summed E-state index contributed by atoms with van der Waals surface area (Å²) in [5, 5.41) is 10.3.